The zero-order chi connectivity index (χ0) is 15.9. The molecule has 4 aliphatic heterocycles. The molecule has 0 aromatic carbocycles. The highest BCUT2D eigenvalue weighted by atomic mass is 16.8. The second kappa shape index (κ2) is 4.19. The van der Waals surface area contributed by atoms with Crippen LogP contribution in [0.25, 0.3) is 0 Å². The number of amides is 2. The second-order valence-electron chi connectivity index (χ2n) is 7.06. The van der Waals surface area contributed by atoms with E-state index in [9.17, 15) is 9.59 Å². The lowest BCUT2D eigenvalue weighted by Crippen LogP contribution is -2.71. The first-order valence-corrected chi connectivity index (χ1v) is 7.49. The van der Waals surface area contributed by atoms with Crippen LogP contribution < -0.4 is 5.32 Å². The molecule has 0 aliphatic carbocycles. The van der Waals surface area contributed by atoms with Crippen molar-refractivity contribution in [2.45, 2.75) is 69.8 Å². The van der Waals surface area contributed by atoms with Crippen molar-refractivity contribution in [3.8, 4) is 0 Å². The number of ether oxygens (including phenoxy) is 4. The van der Waals surface area contributed by atoms with Gasteiger partial charge in [-0.2, -0.15) is 0 Å². The van der Waals surface area contributed by atoms with E-state index < -0.39 is 41.8 Å². The highest BCUT2D eigenvalue weighted by Gasteiger charge is 2.64. The molecule has 22 heavy (non-hydrogen) atoms. The molecule has 4 heterocycles. The number of piperidine rings is 1. The van der Waals surface area contributed by atoms with Crippen LogP contribution in [-0.4, -0.2) is 65.4 Å². The summed E-state index contributed by atoms with van der Waals surface area (Å²) in [5.74, 6) is -2.76. The fourth-order valence-electron chi connectivity index (χ4n) is 3.77. The Morgan fingerprint density at radius 2 is 1.64 bits per heavy atom. The van der Waals surface area contributed by atoms with Crippen molar-refractivity contribution in [1.29, 1.82) is 0 Å². The number of carbonyl (C=O) groups excluding carboxylic acids is 2. The van der Waals surface area contributed by atoms with Gasteiger partial charge in [-0.1, -0.05) is 0 Å². The Morgan fingerprint density at radius 1 is 1.00 bits per heavy atom. The van der Waals surface area contributed by atoms with Gasteiger partial charge in [0.05, 0.1) is 12.6 Å². The van der Waals surface area contributed by atoms with E-state index in [-0.39, 0.29) is 12.1 Å². The molecule has 4 fully saturated rings. The van der Waals surface area contributed by atoms with E-state index in [0.29, 0.717) is 6.61 Å². The zero-order valence-electron chi connectivity index (χ0n) is 13.0. The quantitative estimate of drug-likeness (QED) is 0.597. The Morgan fingerprint density at radius 3 is 2.36 bits per heavy atom. The highest BCUT2D eigenvalue weighted by molar-refractivity contribution is 6.37. The van der Waals surface area contributed by atoms with Crippen molar-refractivity contribution in [3.05, 3.63) is 0 Å². The Hall–Kier alpha value is -1.22. The molecule has 2 amide bonds. The van der Waals surface area contributed by atoms with Gasteiger partial charge in [0.1, 0.15) is 24.5 Å². The minimum Gasteiger partial charge on any atom is -0.348 e. The maximum Gasteiger partial charge on any atom is 0.314 e. The molecule has 0 saturated carbocycles. The molecule has 4 aliphatic rings. The first-order chi connectivity index (χ1) is 10.2. The summed E-state index contributed by atoms with van der Waals surface area (Å²) in [4.78, 5) is 25.5. The van der Waals surface area contributed by atoms with Crippen molar-refractivity contribution in [2.24, 2.45) is 0 Å². The third-order valence-electron chi connectivity index (χ3n) is 4.56. The van der Waals surface area contributed by atoms with E-state index in [1.165, 1.54) is 4.90 Å². The molecule has 1 N–H and O–H groups in total. The van der Waals surface area contributed by atoms with Crippen LogP contribution in [-0.2, 0) is 28.5 Å². The van der Waals surface area contributed by atoms with Crippen LogP contribution in [0.15, 0.2) is 0 Å². The minimum absolute atomic E-state index is 0.294. The molecule has 4 saturated heterocycles. The predicted octanol–water partition coefficient (Wildman–Crippen LogP) is -0.675. The van der Waals surface area contributed by atoms with E-state index in [1.54, 1.807) is 0 Å². The number of hydrogen-bond donors (Lipinski definition) is 1. The molecule has 122 valence electrons. The molecule has 0 spiro atoms. The van der Waals surface area contributed by atoms with Crippen LogP contribution in [0, 0.1) is 0 Å². The first-order valence-electron chi connectivity index (χ1n) is 7.49. The molecule has 0 radical (unpaired) electrons. The Bertz CT molecular complexity index is 547. The maximum atomic E-state index is 12.2. The summed E-state index contributed by atoms with van der Waals surface area (Å²) in [5, 5.41) is 2.69. The lowest BCUT2D eigenvalue weighted by Gasteiger charge is -2.51. The highest BCUT2D eigenvalue weighted by Crippen LogP contribution is 2.43. The number of rotatable bonds is 0. The average molecular weight is 312 g/mol. The van der Waals surface area contributed by atoms with E-state index in [0.717, 1.165) is 0 Å². The van der Waals surface area contributed by atoms with Gasteiger partial charge in [-0.3, -0.25) is 9.59 Å². The van der Waals surface area contributed by atoms with Crippen LogP contribution in [0.3, 0.4) is 0 Å². The van der Waals surface area contributed by atoms with E-state index in [1.807, 2.05) is 27.7 Å². The molecule has 0 bridgehead atoms. The van der Waals surface area contributed by atoms with Crippen molar-refractivity contribution >= 4 is 11.8 Å². The fraction of sp³-hybridized carbons (Fsp3) is 0.857. The lowest BCUT2D eigenvalue weighted by atomic mass is 9.91. The summed E-state index contributed by atoms with van der Waals surface area (Å²) in [6, 6.07) is -0.372. The predicted molar refractivity (Wildman–Crippen MR) is 71.3 cm³/mol. The molecule has 2 unspecified atom stereocenters. The Labute approximate surface area is 128 Å². The van der Waals surface area contributed by atoms with Gasteiger partial charge in [-0.25, -0.2) is 0 Å². The van der Waals surface area contributed by atoms with E-state index >= 15 is 0 Å². The van der Waals surface area contributed by atoms with E-state index in [4.69, 9.17) is 18.9 Å². The Kier molecular flexibility index (Phi) is 2.74. The van der Waals surface area contributed by atoms with Gasteiger partial charge in [-0.05, 0) is 27.7 Å². The average Bonchev–Trinajstić information content (AvgIpc) is 2.87. The second-order valence-corrected chi connectivity index (χ2v) is 7.06. The van der Waals surface area contributed by atoms with Gasteiger partial charge in [-0.15, -0.1) is 0 Å². The van der Waals surface area contributed by atoms with Crippen molar-refractivity contribution < 1.29 is 28.5 Å². The molecule has 0 aromatic heterocycles. The molecule has 4 rings (SSSR count). The summed E-state index contributed by atoms with van der Waals surface area (Å²) in [5.41, 5.74) is 0. The third kappa shape index (κ3) is 1.91. The number of nitrogens with zero attached hydrogens (tertiary/aromatic N) is 1. The van der Waals surface area contributed by atoms with Crippen LogP contribution in [0.1, 0.15) is 27.7 Å². The summed E-state index contributed by atoms with van der Waals surface area (Å²) >= 11 is 0. The number of nitrogens with one attached hydrogen (secondary N) is 1. The summed E-state index contributed by atoms with van der Waals surface area (Å²) in [6.45, 7) is 7.56. The first kappa shape index (κ1) is 14.4. The van der Waals surface area contributed by atoms with Crippen LogP contribution in [0.4, 0.5) is 0 Å². The van der Waals surface area contributed by atoms with E-state index in [2.05, 4.69) is 5.32 Å². The summed E-state index contributed by atoms with van der Waals surface area (Å²) in [6.07, 6.45) is -1.76. The standard InChI is InChI=1S/C14H20N2O6/c1-13(2)19-5-6-7(20-13)8-9(22-14(3,4)21-8)10-15-11(17)12(18)16(6)10/h6-10H,5H2,1-4H3,(H,15,17)/t6-,7?,8+,9?,10+/m1/s1. The molecular weight excluding hydrogens is 292 g/mol. The number of carbonyl (C=O) groups is 2. The molecule has 8 nitrogen and oxygen atoms in total. The summed E-state index contributed by atoms with van der Waals surface area (Å²) in [7, 11) is 0. The van der Waals surface area contributed by atoms with Crippen LogP contribution >= 0.6 is 0 Å². The molecular formula is C14H20N2O6. The number of fused-ring (bicyclic) bond motifs is 6. The smallest absolute Gasteiger partial charge is 0.314 e. The molecule has 0 aromatic rings. The number of hydrogen-bond acceptors (Lipinski definition) is 6. The van der Waals surface area contributed by atoms with Gasteiger partial charge in [0.2, 0.25) is 0 Å². The minimum atomic E-state index is -0.794. The monoisotopic (exact) mass is 312 g/mol. The molecule has 8 heteroatoms. The van der Waals surface area contributed by atoms with Crippen LogP contribution in [0.5, 0.6) is 0 Å². The third-order valence-corrected chi connectivity index (χ3v) is 4.56. The van der Waals surface area contributed by atoms with Crippen LogP contribution in [0.2, 0.25) is 0 Å². The maximum absolute atomic E-state index is 12.2. The van der Waals surface area contributed by atoms with Gasteiger partial charge in [0, 0.05) is 0 Å². The SMILES string of the molecule is CC1(C)OC[C@@H]2C(O1)[C@@H]1OC(C)(C)OC1[C@H]1NC(=O)C(=O)N21. The Balaban J connectivity index is 1.74. The normalized spacial score (nSPS) is 45.1. The van der Waals surface area contributed by atoms with Gasteiger partial charge in [0.25, 0.3) is 0 Å². The van der Waals surface area contributed by atoms with Crippen molar-refractivity contribution in [2.75, 3.05) is 6.61 Å². The van der Waals surface area contributed by atoms with Gasteiger partial charge >= 0.3 is 11.8 Å². The van der Waals surface area contributed by atoms with Crippen molar-refractivity contribution in [3.63, 3.8) is 0 Å². The van der Waals surface area contributed by atoms with Gasteiger partial charge in [0.15, 0.2) is 11.6 Å². The van der Waals surface area contributed by atoms with Crippen molar-refractivity contribution in [1.82, 2.24) is 10.2 Å². The molecule has 5 atom stereocenters. The largest absolute Gasteiger partial charge is 0.348 e. The summed E-state index contributed by atoms with van der Waals surface area (Å²) < 4.78 is 23.6. The topological polar surface area (TPSA) is 86.3 Å². The lowest BCUT2D eigenvalue weighted by molar-refractivity contribution is -0.321. The zero-order valence-corrected chi connectivity index (χ0v) is 13.0. The van der Waals surface area contributed by atoms with Gasteiger partial charge < -0.3 is 29.2 Å². The fourth-order valence-corrected chi connectivity index (χ4v) is 3.77.